The highest BCUT2D eigenvalue weighted by Gasteiger charge is 2.43. The van der Waals surface area contributed by atoms with Crippen LogP contribution < -0.4 is 5.73 Å². The van der Waals surface area contributed by atoms with Crippen molar-refractivity contribution < 1.29 is 4.79 Å². The summed E-state index contributed by atoms with van der Waals surface area (Å²) in [6, 6.07) is 0. The lowest BCUT2D eigenvalue weighted by Crippen LogP contribution is -2.57. The highest BCUT2D eigenvalue weighted by Crippen LogP contribution is 2.32. The summed E-state index contributed by atoms with van der Waals surface area (Å²) >= 11 is 0. The van der Waals surface area contributed by atoms with Crippen LogP contribution in [0.15, 0.2) is 0 Å². The third-order valence-corrected chi connectivity index (χ3v) is 5.46. The number of piperidine rings is 1. The van der Waals surface area contributed by atoms with Gasteiger partial charge in [0.2, 0.25) is 5.91 Å². The fourth-order valence-corrected chi connectivity index (χ4v) is 2.84. The first-order valence-electron chi connectivity index (χ1n) is 8.44. The number of nitrogens with two attached hydrogens (primary N) is 1. The minimum Gasteiger partial charge on any atom is -0.342 e. The Bertz CT molecular complexity index is 334. The maximum absolute atomic E-state index is 12.7. The summed E-state index contributed by atoms with van der Waals surface area (Å²) in [4.78, 5) is 17.2. The van der Waals surface area contributed by atoms with E-state index in [2.05, 4.69) is 18.7 Å². The number of hydrogen-bond acceptors (Lipinski definition) is 3. The number of carbonyl (C=O) groups excluding carboxylic acids is 1. The molecule has 0 unspecified atom stereocenters. The molecular weight excluding hydrogens is 262 g/mol. The Hall–Kier alpha value is -0.610. The topological polar surface area (TPSA) is 49.6 Å². The molecule has 1 saturated heterocycles. The second-order valence-electron chi connectivity index (χ2n) is 7.57. The molecule has 1 amide bonds. The van der Waals surface area contributed by atoms with E-state index in [4.69, 9.17) is 5.73 Å². The first kappa shape index (κ1) is 18.4. The van der Waals surface area contributed by atoms with Gasteiger partial charge in [-0.05, 0) is 59.5 Å². The molecule has 0 aliphatic carbocycles. The molecule has 0 aromatic heterocycles. The fraction of sp³-hybridized carbons (Fsp3) is 0.941. The number of carbonyl (C=O) groups is 1. The Morgan fingerprint density at radius 2 is 1.62 bits per heavy atom. The van der Waals surface area contributed by atoms with E-state index in [1.807, 2.05) is 32.6 Å². The second kappa shape index (κ2) is 7.10. The quantitative estimate of drug-likeness (QED) is 0.818. The molecule has 21 heavy (non-hydrogen) atoms. The van der Waals surface area contributed by atoms with E-state index in [0.29, 0.717) is 0 Å². The predicted molar refractivity (Wildman–Crippen MR) is 89.1 cm³/mol. The molecule has 0 atom stereocenters. The van der Waals surface area contributed by atoms with E-state index in [1.54, 1.807) is 0 Å². The summed E-state index contributed by atoms with van der Waals surface area (Å²) in [5, 5.41) is 0. The Kier molecular flexibility index (Phi) is 6.23. The number of likely N-dealkylation sites (tertiary alicyclic amines) is 1. The Balaban J connectivity index is 2.55. The molecule has 1 aliphatic rings. The third-order valence-electron chi connectivity index (χ3n) is 5.46. The van der Waals surface area contributed by atoms with Crippen molar-refractivity contribution in [2.24, 2.45) is 17.1 Å². The Morgan fingerprint density at radius 1 is 1.14 bits per heavy atom. The minimum absolute atomic E-state index is 0.205. The van der Waals surface area contributed by atoms with Gasteiger partial charge in [-0.3, -0.25) is 4.79 Å². The van der Waals surface area contributed by atoms with E-state index in [0.717, 1.165) is 44.9 Å². The lowest BCUT2D eigenvalue weighted by molar-refractivity contribution is -0.145. The van der Waals surface area contributed by atoms with Gasteiger partial charge in [0, 0.05) is 25.2 Å². The van der Waals surface area contributed by atoms with Crippen LogP contribution in [0.1, 0.15) is 54.4 Å². The van der Waals surface area contributed by atoms with Crippen molar-refractivity contribution in [3.63, 3.8) is 0 Å². The zero-order valence-corrected chi connectivity index (χ0v) is 14.9. The van der Waals surface area contributed by atoms with Crippen molar-refractivity contribution in [2.75, 3.05) is 32.7 Å². The van der Waals surface area contributed by atoms with Gasteiger partial charge >= 0.3 is 0 Å². The molecule has 124 valence electrons. The number of hydrogen-bond donors (Lipinski definition) is 1. The first-order chi connectivity index (χ1) is 9.63. The highest BCUT2D eigenvalue weighted by molar-refractivity contribution is 5.83. The lowest BCUT2D eigenvalue weighted by atomic mass is 9.73. The van der Waals surface area contributed by atoms with Gasteiger partial charge in [0.1, 0.15) is 0 Å². The fourth-order valence-electron chi connectivity index (χ4n) is 2.84. The Morgan fingerprint density at radius 3 is 2.00 bits per heavy atom. The number of amides is 1. The van der Waals surface area contributed by atoms with Gasteiger partial charge in [0.05, 0.1) is 5.41 Å². The third kappa shape index (κ3) is 4.43. The lowest BCUT2D eigenvalue weighted by Gasteiger charge is -2.43. The maximum atomic E-state index is 12.7. The van der Waals surface area contributed by atoms with Crippen LogP contribution in [0.25, 0.3) is 0 Å². The zero-order valence-electron chi connectivity index (χ0n) is 14.9. The normalized spacial score (nSPS) is 18.4. The summed E-state index contributed by atoms with van der Waals surface area (Å²) in [6.07, 6.45) is 2.23. The summed E-state index contributed by atoms with van der Waals surface area (Å²) in [6.45, 7) is 17.4. The molecule has 1 heterocycles. The van der Waals surface area contributed by atoms with Gasteiger partial charge < -0.3 is 15.5 Å². The van der Waals surface area contributed by atoms with Crippen LogP contribution in [-0.2, 0) is 4.79 Å². The SMILES string of the molecule is CCN(CC)CC1CCN(C(=O)C(C)(C)C(C)(C)N)CC1. The minimum atomic E-state index is -0.515. The van der Waals surface area contributed by atoms with Crippen LogP contribution >= 0.6 is 0 Å². The first-order valence-corrected chi connectivity index (χ1v) is 8.44. The van der Waals surface area contributed by atoms with Crippen LogP contribution in [0.4, 0.5) is 0 Å². The molecule has 4 heteroatoms. The molecule has 4 nitrogen and oxygen atoms in total. The standard InChI is InChI=1S/C17H35N3O/c1-7-19(8-2)13-14-9-11-20(12-10-14)15(21)16(3,4)17(5,6)18/h14H,7-13,18H2,1-6H3. The van der Waals surface area contributed by atoms with Gasteiger partial charge in [-0.1, -0.05) is 13.8 Å². The maximum Gasteiger partial charge on any atom is 0.230 e. The van der Waals surface area contributed by atoms with Crippen LogP contribution in [0, 0.1) is 11.3 Å². The molecule has 0 bridgehead atoms. The molecule has 0 aromatic carbocycles. The van der Waals surface area contributed by atoms with Crippen LogP contribution in [0.5, 0.6) is 0 Å². The van der Waals surface area contributed by atoms with E-state index >= 15 is 0 Å². The van der Waals surface area contributed by atoms with Gasteiger partial charge in [-0.25, -0.2) is 0 Å². The molecule has 1 aliphatic heterocycles. The van der Waals surface area contributed by atoms with Gasteiger partial charge in [0.15, 0.2) is 0 Å². The summed E-state index contributed by atoms with van der Waals surface area (Å²) in [5.41, 5.74) is 5.18. The highest BCUT2D eigenvalue weighted by atomic mass is 16.2. The van der Waals surface area contributed by atoms with Crippen molar-refractivity contribution in [2.45, 2.75) is 59.9 Å². The van der Waals surface area contributed by atoms with Crippen molar-refractivity contribution in [1.29, 1.82) is 0 Å². The van der Waals surface area contributed by atoms with Crippen LogP contribution in [-0.4, -0.2) is 54.0 Å². The van der Waals surface area contributed by atoms with E-state index in [1.165, 1.54) is 6.54 Å². The average Bonchev–Trinajstić information content (AvgIpc) is 2.43. The summed E-state index contributed by atoms with van der Waals surface area (Å²) < 4.78 is 0. The smallest absolute Gasteiger partial charge is 0.230 e. The second-order valence-corrected chi connectivity index (χ2v) is 7.57. The molecular formula is C17H35N3O. The van der Waals surface area contributed by atoms with Crippen molar-refractivity contribution in [1.82, 2.24) is 9.80 Å². The van der Waals surface area contributed by atoms with Crippen molar-refractivity contribution >= 4 is 5.91 Å². The molecule has 1 fully saturated rings. The van der Waals surface area contributed by atoms with E-state index in [9.17, 15) is 4.79 Å². The number of nitrogens with zero attached hydrogens (tertiary/aromatic N) is 2. The van der Waals surface area contributed by atoms with Crippen molar-refractivity contribution in [3.8, 4) is 0 Å². The van der Waals surface area contributed by atoms with E-state index in [-0.39, 0.29) is 5.91 Å². The predicted octanol–water partition coefficient (Wildman–Crippen LogP) is 2.33. The molecule has 1 rings (SSSR count). The monoisotopic (exact) mass is 297 g/mol. The molecule has 0 radical (unpaired) electrons. The molecule has 0 aromatic rings. The molecule has 0 saturated carbocycles. The Labute approximate surface area is 131 Å². The van der Waals surface area contributed by atoms with Crippen LogP contribution in [0.2, 0.25) is 0 Å². The van der Waals surface area contributed by atoms with Gasteiger partial charge in [0.25, 0.3) is 0 Å². The summed E-state index contributed by atoms with van der Waals surface area (Å²) in [7, 11) is 0. The van der Waals surface area contributed by atoms with Crippen LogP contribution in [0.3, 0.4) is 0 Å². The molecule has 0 spiro atoms. The molecule has 2 N–H and O–H groups in total. The van der Waals surface area contributed by atoms with Crippen molar-refractivity contribution in [3.05, 3.63) is 0 Å². The van der Waals surface area contributed by atoms with E-state index < -0.39 is 11.0 Å². The largest absolute Gasteiger partial charge is 0.342 e. The average molecular weight is 297 g/mol. The summed E-state index contributed by atoms with van der Waals surface area (Å²) in [5.74, 6) is 0.930. The van der Waals surface area contributed by atoms with Gasteiger partial charge in [-0.2, -0.15) is 0 Å². The number of rotatable bonds is 6. The van der Waals surface area contributed by atoms with Gasteiger partial charge in [-0.15, -0.1) is 0 Å². The zero-order chi connectivity index (χ0) is 16.3.